The molecule has 0 atom stereocenters. The van der Waals surface area contributed by atoms with Crippen molar-refractivity contribution in [1.82, 2.24) is 4.90 Å². The van der Waals surface area contributed by atoms with Crippen molar-refractivity contribution >= 4 is 5.97 Å². The first kappa shape index (κ1) is 16.7. The molecule has 21 heavy (non-hydrogen) atoms. The number of esters is 1. The van der Waals surface area contributed by atoms with E-state index in [1.165, 1.54) is 7.11 Å². The summed E-state index contributed by atoms with van der Waals surface area (Å²) in [5.41, 5.74) is 1.44. The van der Waals surface area contributed by atoms with E-state index in [-0.39, 0.29) is 12.5 Å². The molecule has 0 radical (unpaired) electrons. The van der Waals surface area contributed by atoms with E-state index >= 15 is 0 Å². The van der Waals surface area contributed by atoms with Gasteiger partial charge in [-0.15, -0.1) is 6.58 Å². The third kappa shape index (κ3) is 5.28. The summed E-state index contributed by atoms with van der Waals surface area (Å²) in [6.45, 7) is 7.16. The van der Waals surface area contributed by atoms with Crippen LogP contribution in [0.25, 0.3) is 0 Å². The van der Waals surface area contributed by atoms with Crippen LogP contribution in [0.15, 0.2) is 30.9 Å². The molecular formula is C16H20N2O3. The minimum absolute atomic E-state index is 0.197. The van der Waals surface area contributed by atoms with Crippen molar-refractivity contribution < 1.29 is 14.3 Å². The van der Waals surface area contributed by atoms with Crippen LogP contribution in [0.2, 0.25) is 0 Å². The van der Waals surface area contributed by atoms with Gasteiger partial charge in [-0.05, 0) is 24.6 Å². The van der Waals surface area contributed by atoms with E-state index in [1.54, 1.807) is 25.1 Å². The monoisotopic (exact) mass is 288 g/mol. The Hall–Kier alpha value is -2.32. The van der Waals surface area contributed by atoms with Gasteiger partial charge in [0.05, 0.1) is 25.8 Å². The van der Waals surface area contributed by atoms with Gasteiger partial charge in [0.2, 0.25) is 0 Å². The Kier molecular flexibility index (Phi) is 6.99. The molecule has 0 aliphatic heterocycles. The van der Waals surface area contributed by atoms with Gasteiger partial charge in [-0.3, -0.25) is 9.69 Å². The highest BCUT2D eigenvalue weighted by atomic mass is 16.5. The van der Waals surface area contributed by atoms with Crippen LogP contribution >= 0.6 is 0 Å². The number of hydrogen-bond acceptors (Lipinski definition) is 5. The summed E-state index contributed by atoms with van der Waals surface area (Å²) in [5.74, 6) is 0.268. The van der Waals surface area contributed by atoms with Crippen molar-refractivity contribution in [3.8, 4) is 11.8 Å². The summed E-state index contributed by atoms with van der Waals surface area (Å²) in [4.78, 5) is 13.5. The van der Waals surface area contributed by atoms with Crippen LogP contribution in [-0.2, 0) is 16.1 Å². The number of nitriles is 1. The fraction of sp³-hybridized carbons (Fsp3) is 0.375. The summed E-state index contributed by atoms with van der Waals surface area (Å²) in [6.07, 6.45) is 1.74. The van der Waals surface area contributed by atoms with E-state index in [9.17, 15) is 4.79 Å². The number of rotatable bonds is 8. The zero-order valence-electron chi connectivity index (χ0n) is 12.5. The first-order valence-corrected chi connectivity index (χ1v) is 6.70. The Labute approximate surface area is 125 Å². The van der Waals surface area contributed by atoms with E-state index < -0.39 is 0 Å². The van der Waals surface area contributed by atoms with Gasteiger partial charge in [0.25, 0.3) is 0 Å². The lowest BCUT2D eigenvalue weighted by Gasteiger charge is -2.20. The number of carbonyl (C=O) groups is 1. The van der Waals surface area contributed by atoms with Gasteiger partial charge < -0.3 is 9.47 Å². The van der Waals surface area contributed by atoms with E-state index in [2.05, 4.69) is 12.6 Å². The molecule has 1 rings (SSSR count). The molecule has 0 bridgehead atoms. The van der Waals surface area contributed by atoms with Gasteiger partial charge >= 0.3 is 5.97 Å². The van der Waals surface area contributed by atoms with Crippen LogP contribution in [0.4, 0.5) is 0 Å². The van der Waals surface area contributed by atoms with E-state index in [0.717, 1.165) is 5.56 Å². The van der Waals surface area contributed by atoms with Crippen LogP contribution in [0.3, 0.4) is 0 Å². The number of nitrogens with zero attached hydrogens (tertiary/aromatic N) is 2. The van der Waals surface area contributed by atoms with Gasteiger partial charge in [0.1, 0.15) is 11.8 Å². The Morgan fingerprint density at radius 1 is 1.52 bits per heavy atom. The molecule has 0 saturated heterocycles. The van der Waals surface area contributed by atoms with Crippen molar-refractivity contribution in [2.45, 2.75) is 13.5 Å². The molecule has 5 heteroatoms. The van der Waals surface area contributed by atoms with Crippen molar-refractivity contribution in [1.29, 1.82) is 5.26 Å². The number of benzene rings is 1. The minimum Gasteiger partial charge on any atom is -0.495 e. The SMILES string of the molecule is C=CCN(CC(=O)OCC)Cc1ccc(C#N)c(OC)c1. The summed E-state index contributed by atoms with van der Waals surface area (Å²) in [7, 11) is 1.53. The first-order valence-electron chi connectivity index (χ1n) is 6.70. The summed E-state index contributed by atoms with van der Waals surface area (Å²) in [5, 5.41) is 8.97. The van der Waals surface area contributed by atoms with Crippen LogP contribution in [0.1, 0.15) is 18.1 Å². The zero-order valence-corrected chi connectivity index (χ0v) is 12.5. The highest BCUT2D eigenvalue weighted by Crippen LogP contribution is 2.20. The molecule has 0 amide bonds. The molecule has 0 aromatic heterocycles. The largest absolute Gasteiger partial charge is 0.495 e. The molecule has 1 aromatic rings. The van der Waals surface area contributed by atoms with E-state index in [0.29, 0.717) is 31.0 Å². The second kappa shape index (κ2) is 8.77. The maximum atomic E-state index is 11.6. The average molecular weight is 288 g/mol. The molecule has 0 aliphatic carbocycles. The average Bonchev–Trinajstić information content (AvgIpc) is 2.47. The Morgan fingerprint density at radius 2 is 2.29 bits per heavy atom. The number of ether oxygens (including phenoxy) is 2. The fourth-order valence-electron chi connectivity index (χ4n) is 1.94. The van der Waals surface area contributed by atoms with Crippen molar-refractivity contribution in [2.75, 3.05) is 26.8 Å². The van der Waals surface area contributed by atoms with Gasteiger partial charge in [-0.25, -0.2) is 0 Å². The van der Waals surface area contributed by atoms with Crippen molar-refractivity contribution in [3.05, 3.63) is 42.0 Å². The lowest BCUT2D eigenvalue weighted by molar-refractivity contribution is -0.144. The molecule has 0 aliphatic rings. The maximum absolute atomic E-state index is 11.6. The molecule has 0 saturated carbocycles. The predicted molar refractivity (Wildman–Crippen MR) is 79.8 cm³/mol. The molecule has 0 heterocycles. The molecular weight excluding hydrogens is 268 g/mol. The minimum atomic E-state index is -0.264. The lowest BCUT2D eigenvalue weighted by atomic mass is 10.1. The standard InChI is InChI=1S/C16H20N2O3/c1-4-8-18(12-16(19)21-5-2)11-13-6-7-14(10-17)15(9-13)20-3/h4,6-7,9H,1,5,8,11-12H2,2-3H3. The molecule has 0 unspecified atom stereocenters. The Morgan fingerprint density at radius 3 is 2.86 bits per heavy atom. The molecule has 1 aromatic carbocycles. The Bertz CT molecular complexity index is 535. The van der Waals surface area contributed by atoms with Gasteiger partial charge in [0.15, 0.2) is 0 Å². The first-order chi connectivity index (χ1) is 10.1. The normalized spacial score (nSPS) is 10.0. The molecule has 0 fully saturated rings. The molecule has 0 spiro atoms. The third-order valence-electron chi connectivity index (χ3n) is 2.84. The second-order valence-corrected chi connectivity index (χ2v) is 4.41. The summed E-state index contributed by atoms with van der Waals surface area (Å²) in [6, 6.07) is 7.44. The van der Waals surface area contributed by atoms with Crippen LogP contribution in [-0.4, -0.2) is 37.7 Å². The predicted octanol–water partition coefficient (Wildman–Crippen LogP) is 2.12. The topological polar surface area (TPSA) is 62.6 Å². The van der Waals surface area contributed by atoms with E-state index in [4.69, 9.17) is 14.7 Å². The third-order valence-corrected chi connectivity index (χ3v) is 2.84. The van der Waals surface area contributed by atoms with Crippen LogP contribution in [0.5, 0.6) is 5.75 Å². The van der Waals surface area contributed by atoms with Crippen molar-refractivity contribution in [3.63, 3.8) is 0 Å². The fourth-order valence-corrected chi connectivity index (χ4v) is 1.94. The van der Waals surface area contributed by atoms with Crippen molar-refractivity contribution in [2.24, 2.45) is 0 Å². The van der Waals surface area contributed by atoms with Crippen LogP contribution in [0, 0.1) is 11.3 Å². The Balaban J connectivity index is 2.81. The number of carbonyl (C=O) groups excluding carboxylic acids is 1. The maximum Gasteiger partial charge on any atom is 0.320 e. The molecule has 5 nitrogen and oxygen atoms in total. The highest BCUT2D eigenvalue weighted by molar-refractivity contribution is 5.71. The molecule has 0 N–H and O–H groups in total. The van der Waals surface area contributed by atoms with E-state index in [1.807, 2.05) is 11.0 Å². The van der Waals surface area contributed by atoms with Crippen LogP contribution < -0.4 is 4.74 Å². The van der Waals surface area contributed by atoms with Gasteiger partial charge in [-0.1, -0.05) is 12.1 Å². The second-order valence-electron chi connectivity index (χ2n) is 4.41. The zero-order chi connectivity index (χ0) is 15.7. The quantitative estimate of drug-likeness (QED) is 0.541. The van der Waals surface area contributed by atoms with Gasteiger partial charge in [-0.2, -0.15) is 5.26 Å². The van der Waals surface area contributed by atoms with Gasteiger partial charge in [0, 0.05) is 13.1 Å². The molecule has 112 valence electrons. The number of hydrogen-bond donors (Lipinski definition) is 0. The smallest absolute Gasteiger partial charge is 0.320 e. The highest BCUT2D eigenvalue weighted by Gasteiger charge is 2.12. The lowest BCUT2D eigenvalue weighted by Crippen LogP contribution is -2.30. The summed E-state index contributed by atoms with van der Waals surface area (Å²) >= 11 is 0. The number of methoxy groups -OCH3 is 1. The summed E-state index contributed by atoms with van der Waals surface area (Å²) < 4.78 is 10.1.